The molecule has 0 aliphatic carbocycles. The Balaban J connectivity index is 2.08. The monoisotopic (exact) mass is 289 g/mol. The third kappa shape index (κ3) is 2.45. The zero-order chi connectivity index (χ0) is 15.5. The van der Waals surface area contributed by atoms with Crippen molar-refractivity contribution in [1.29, 1.82) is 5.26 Å². The van der Waals surface area contributed by atoms with Gasteiger partial charge >= 0.3 is 0 Å². The highest BCUT2D eigenvalue weighted by atomic mass is 16.5. The van der Waals surface area contributed by atoms with Gasteiger partial charge in [-0.2, -0.15) is 10.4 Å². The highest BCUT2D eigenvalue weighted by molar-refractivity contribution is 5.95. The summed E-state index contributed by atoms with van der Waals surface area (Å²) < 4.78 is 5.40. The molecule has 1 N–H and O–H groups in total. The van der Waals surface area contributed by atoms with E-state index in [-0.39, 0.29) is 0 Å². The summed E-state index contributed by atoms with van der Waals surface area (Å²) in [5.41, 5.74) is 4.42. The standard InChI is InChI=1S/C18H15N3O/c1-12-3-5-13(6-4-12)7-9-15-17-16(21-20-15)10-8-14(11-19)18(17)22-2/h3-10H,1-2H3,(H,20,21). The first kappa shape index (κ1) is 13.9. The summed E-state index contributed by atoms with van der Waals surface area (Å²) in [5.74, 6) is 0.553. The van der Waals surface area contributed by atoms with Crippen LogP contribution in [0.3, 0.4) is 0 Å². The zero-order valence-corrected chi connectivity index (χ0v) is 12.4. The minimum absolute atomic E-state index is 0.501. The van der Waals surface area contributed by atoms with Crippen LogP contribution >= 0.6 is 0 Å². The van der Waals surface area contributed by atoms with Gasteiger partial charge in [0.25, 0.3) is 0 Å². The number of benzene rings is 2. The van der Waals surface area contributed by atoms with Crippen LogP contribution in [0.25, 0.3) is 23.1 Å². The van der Waals surface area contributed by atoms with Gasteiger partial charge in [-0.15, -0.1) is 0 Å². The van der Waals surface area contributed by atoms with Crippen molar-refractivity contribution in [3.63, 3.8) is 0 Å². The number of hydrogen-bond acceptors (Lipinski definition) is 3. The molecule has 0 saturated carbocycles. The quantitative estimate of drug-likeness (QED) is 0.794. The van der Waals surface area contributed by atoms with E-state index in [1.54, 1.807) is 13.2 Å². The minimum atomic E-state index is 0.501. The number of rotatable bonds is 3. The van der Waals surface area contributed by atoms with Crippen molar-refractivity contribution in [2.24, 2.45) is 0 Å². The second-order valence-corrected chi connectivity index (χ2v) is 5.03. The number of H-pyrrole nitrogens is 1. The Kier molecular flexibility index (Phi) is 3.63. The smallest absolute Gasteiger partial charge is 0.148 e. The molecule has 4 heteroatoms. The van der Waals surface area contributed by atoms with Crippen LogP contribution in [0, 0.1) is 18.3 Å². The second kappa shape index (κ2) is 5.74. The lowest BCUT2D eigenvalue weighted by Crippen LogP contribution is -1.89. The first-order valence-electron chi connectivity index (χ1n) is 6.93. The van der Waals surface area contributed by atoms with Crippen molar-refractivity contribution in [3.05, 3.63) is 58.8 Å². The number of methoxy groups -OCH3 is 1. The van der Waals surface area contributed by atoms with Gasteiger partial charge in [0.1, 0.15) is 11.8 Å². The summed E-state index contributed by atoms with van der Waals surface area (Å²) in [6.07, 6.45) is 3.92. The molecule has 0 aliphatic heterocycles. The number of nitrogens with one attached hydrogen (secondary N) is 1. The van der Waals surface area contributed by atoms with Crippen LogP contribution in [0.1, 0.15) is 22.4 Å². The molecule has 0 fully saturated rings. The third-order valence-corrected chi connectivity index (χ3v) is 3.55. The Hall–Kier alpha value is -3.06. The summed E-state index contributed by atoms with van der Waals surface area (Å²) in [6.45, 7) is 2.06. The maximum atomic E-state index is 9.19. The van der Waals surface area contributed by atoms with Crippen molar-refractivity contribution in [3.8, 4) is 11.8 Å². The molecule has 1 aromatic heterocycles. The fourth-order valence-corrected chi connectivity index (χ4v) is 2.38. The maximum absolute atomic E-state index is 9.19. The molecule has 108 valence electrons. The van der Waals surface area contributed by atoms with Gasteiger partial charge in [0, 0.05) is 0 Å². The van der Waals surface area contributed by atoms with E-state index >= 15 is 0 Å². The van der Waals surface area contributed by atoms with E-state index in [4.69, 9.17) is 4.74 Å². The van der Waals surface area contributed by atoms with E-state index in [1.807, 2.05) is 18.2 Å². The largest absolute Gasteiger partial charge is 0.495 e. The van der Waals surface area contributed by atoms with Crippen molar-refractivity contribution < 1.29 is 4.74 Å². The summed E-state index contributed by atoms with van der Waals surface area (Å²) in [5, 5.41) is 17.3. The Morgan fingerprint density at radius 3 is 2.59 bits per heavy atom. The number of aryl methyl sites for hydroxylation is 1. The first-order chi connectivity index (χ1) is 10.7. The Bertz CT molecular complexity index is 883. The molecule has 0 bridgehead atoms. The molecule has 0 radical (unpaired) electrons. The normalized spacial score (nSPS) is 11.0. The van der Waals surface area contributed by atoms with Crippen molar-refractivity contribution in [1.82, 2.24) is 10.2 Å². The molecule has 3 rings (SSSR count). The SMILES string of the molecule is COc1c(C#N)ccc2[nH]nc(C=Cc3ccc(C)cc3)c12. The summed E-state index contributed by atoms with van der Waals surface area (Å²) in [6, 6.07) is 14.0. The van der Waals surface area contributed by atoms with Crippen LogP contribution in [0.2, 0.25) is 0 Å². The van der Waals surface area contributed by atoms with Crippen molar-refractivity contribution in [2.75, 3.05) is 7.11 Å². The third-order valence-electron chi connectivity index (χ3n) is 3.55. The predicted octanol–water partition coefficient (Wildman–Crippen LogP) is 3.92. The fraction of sp³-hybridized carbons (Fsp3) is 0.111. The van der Waals surface area contributed by atoms with Crippen LogP contribution in [0.15, 0.2) is 36.4 Å². The van der Waals surface area contributed by atoms with E-state index < -0.39 is 0 Å². The predicted molar refractivity (Wildman–Crippen MR) is 87.5 cm³/mol. The summed E-state index contributed by atoms with van der Waals surface area (Å²) in [4.78, 5) is 0. The van der Waals surface area contributed by atoms with Gasteiger partial charge in [-0.3, -0.25) is 5.10 Å². The van der Waals surface area contributed by atoms with Crippen LogP contribution in [0.5, 0.6) is 5.75 Å². The molecule has 0 saturated heterocycles. The average Bonchev–Trinajstić information content (AvgIpc) is 2.96. The van der Waals surface area contributed by atoms with Crippen molar-refractivity contribution in [2.45, 2.75) is 6.92 Å². The number of hydrogen-bond donors (Lipinski definition) is 1. The van der Waals surface area contributed by atoms with E-state index in [1.165, 1.54) is 5.56 Å². The molecule has 0 spiro atoms. The molecule has 22 heavy (non-hydrogen) atoms. The summed E-state index contributed by atoms with van der Waals surface area (Å²) >= 11 is 0. The van der Waals surface area contributed by atoms with E-state index in [0.29, 0.717) is 11.3 Å². The molecular formula is C18H15N3O. The maximum Gasteiger partial charge on any atom is 0.148 e. The molecule has 4 nitrogen and oxygen atoms in total. The Labute approximate surface area is 128 Å². The molecule has 0 amide bonds. The average molecular weight is 289 g/mol. The van der Waals surface area contributed by atoms with Gasteiger partial charge in [0.2, 0.25) is 0 Å². The lowest BCUT2D eigenvalue weighted by atomic mass is 10.1. The Morgan fingerprint density at radius 2 is 1.91 bits per heavy atom. The molecule has 0 unspecified atom stereocenters. The number of ether oxygens (including phenoxy) is 1. The molecule has 0 aliphatic rings. The van der Waals surface area contributed by atoms with Gasteiger partial charge < -0.3 is 4.74 Å². The van der Waals surface area contributed by atoms with Gasteiger partial charge in [-0.05, 0) is 30.7 Å². The van der Waals surface area contributed by atoms with E-state index in [9.17, 15) is 5.26 Å². The highest BCUT2D eigenvalue weighted by Gasteiger charge is 2.13. The number of aromatic nitrogens is 2. The van der Waals surface area contributed by atoms with Gasteiger partial charge in [0.15, 0.2) is 0 Å². The fourth-order valence-electron chi connectivity index (χ4n) is 2.38. The highest BCUT2D eigenvalue weighted by Crippen LogP contribution is 2.31. The zero-order valence-electron chi connectivity index (χ0n) is 12.4. The van der Waals surface area contributed by atoms with Gasteiger partial charge in [-0.1, -0.05) is 35.9 Å². The lowest BCUT2D eigenvalue weighted by Gasteiger charge is -2.04. The van der Waals surface area contributed by atoms with Crippen molar-refractivity contribution >= 4 is 23.1 Å². The number of nitriles is 1. The van der Waals surface area contributed by atoms with Crippen LogP contribution in [0.4, 0.5) is 0 Å². The van der Waals surface area contributed by atoms with Crippen LogP contribution < -0.4 is 4.74 Å². The molecule has 1 heterocycles. The first-order valence-corrected chi connectivity index (χ1v) is 6.93. The van der Waals surface area contributed by atoms with Crippen LogP contribution in [-0.2, 0) is 0 Å². The topological polar surface area (TPSA) is 61.7 Å². The minimum Gasteiger partial charge on any atom is -0.495 e. The summed E-state index contributed by atoms with van der Waals surface area (Å²) in [7, 11) is 1.57. The number of aromatic amines is 1. The van der Waals surface area contributed by atoms with Gasteiger partial charge in [0.05, 0.1) is 29.3 Å². The van der Waals surface area contributed by atoms with Gasteiger partial charge in [-0.25, -0.2) is 0 Å². The van der Waals surface area contributed by atoms with E-state index in [2.05, 4.69) is 47.5 Å². The van der Waals surface area contributed by atoms with Crippen LogP contribution in [-0.4, -0.2) is 17.3 Å². The van der Waals surface area contributed by atoms with E-state index in [0.717, 1.165) is 22.2 Å². The Morgan fingerprint density at radius 1 is 1.14 bits per heavy atom. The molecule has 3 aromatic rings. The second-order valence-electron chi connectivity index (χ2n) is 5.03. The molecular weight excluding hydrogens is 274 g/mol. The molecule has 2 aromatic carbocycles. The number of fused-ring (bicyclic) bond motifs is 1. The lowest BCUT2D eigenvalue weighted by molar-refractivity contribution is 0.418. The molecule has 0 atom stereocenters. The number of nitrogens with zero attached hydrogens (tertiary/aromatic N) is 2.